The van der Waals surface area contributed by atoms with Crippen molar-refractivity contribution in [3.8, 4) is 11.5 Å². The summed E-state index contributed by atoms with van der Waals surface area (Å²) in [7, 11) is 0. The maximum Gasteiger partial charge on any atom is 0.249 e. The summed E-state index contributed by atoms with van der Waals surface area (Å²) in [5.41, 5.74) is 0.490. The first-order chi connectivity index (χ1) is 9.24. The van der Waals surface area contributed by atoms with E-state index in [-0.39, 0.29) is 6.04 Å². The lowest BCUT2D eigenvalue weighted by molar-refractivity contribution is 0.396. The van der Waals surface area contributed by atoms with Gasteiger partial charge in [0.15, 0.2) is 0 Å². The fraction of sp³-hybridized carbons (Fsp3) is 0.462. The molecular weight excluding hydrogens is 247 g/mol. The van der Waals surface area contributed by atoms with Gasteiger partial charge in [0.1, 0.15) is 5.82 Å². The van der Waals surface area contributed by atoms with E-state index in [4.69, 9.17) is 4.42 Å². The van der Waals surface area contributed by atoms with Crippen molar-refractivity contribution in [1.82, 2.24) is 20.5 Å². The zero-order valence-electron chi connectivity index (χ0n) is 11.1. The van der Waals surface area contributed by atoms with Gasteiger partial charge in [0.2, 0.25) is 11.8 Å². The number of pyridine rings is 1. The summed E-state index contributed by atoms with van der Waals surface area (Å²) in [6.45, 7) is 5.02. The average molecular weight is 264 g/mol. The topological polar surface area (TPSA) is 63.8 Å². The molecule has 6 heteroatoms. The van der Waals surface area contributed by atoms with Crippen molar-refractivity contribution in [2.75, 3.05) is 6.54 Å². The number of aromatic nitrogens is 3. The number of hydrogen-bond acceptors (Lipinski definition) is 5. The molecule has 0 fully saturated rings. The minimum atomic E-state index is -0.423. The summed E-state index contributed by atoms with van der Waals surface area (Å²) in [4.78, 5) is 3.77. The molecular formula is C13H17FN4O. The Labute approximate surface area is 111 Å². The van der Waals surface area contributed by atoms with Crippen LogP contribution in [0.5, 0.6) is 0 Å². The molecule has 1 N–H and O–H groups in total. The number of nitrogens with zero attached hydrogens (tertiary/aromatic N) is 3. The van der Waals surface area contributed by atoms with Gasteiger partial charge in [0, 0.05) is 6.20 Å². The molecule has 2 aromatic heterocycles. The molecule has 1 unspecified atom stereocenters. The zero-order chi connectivity index (χ0) is 13.7. The van der Waals surface area contributed by atoms with E-state index in [1.807, 2.05) is 6.92 Å². The number of nitrogens with one attached hydrogen (secondary N) is 1. The Bertz CT molecular complexity index is 529. The van der Waals surface area contributed by atoms with E-state index < -0.39 is 5.82 Å². The SMILES string of the molecule is CCCNC(CC)c1nnc(-c2cncc(F)c2)o1. The molecule has 5 nitrogen and oxygen atoms in total. The van der Waals surface area contributed by atoms with Crippen LogP contribution in [0.3, 0.4) is 0 Å². The zero-order valence-corrected chi connectivity index (χ0v) is 11.1. The second-order valence-corrected chi connectivity index (χ2v) is 4.25. The highest BCUT2D eigenvalue weighted by molar-refractivity contribution is 5.50. The van der Waals surface area contributed by atoms with Crippen LogP contribution in [0.25, 0.3) is 11.5 Å². The van der Waals surface area contributed by atoms with Crippen LogP contribution in [0, 0.1) is 5.82 Å². The first kappa shape index (κ1) is 13.6. The predicted molar refractivity (Wildman–Crippen MR) is 68.8 cm³/mol. The third-order valence-corrected chi connectivity index (χ3v) is 2.74. The Morgan fingerprint density at radius 2 is 2.16 bits per heavy atom. The fourth-order valence-electron chi connectivity index (χ4n) is 1.75. The van der Waals surface area contributed by atoms with Gasteiger partial charge < -0.3 is 9.73 Å². The van der Waals surface area contributed by atoms with E-state index in [9.17, 15) is 4.39 Å². The lowest BCUT2D eigenvalue weighted by Crippen LogP contribution is -2.21. The van der Waals surface area contributed by atoms with E-state index in [0.29, 0.717) is 17.3 Å². The highest BCUT2D eigenvalue weighted by Crippen LogP contribution is 2.21. The summed E-state index contributed by atoms with van der Waals surface area (Å²) in [5.74, 6) is 0.391. The summed E-state index contributed by atoms with van der Waals surface area (Å²) in [5, 5.41) is 11.3. The molecule has 102 valence electrons. The maximum absolute atomic E-state index is 13.1. The fourth-order valence-corrected chi connectivity index (χ4v) is 1.75. The van der Waals surface area contributed by atoms with Gasteiger partial charge in [-0.2, -0.15) is 0 Å². The minimum Gasteiger partial charge on any atom is -0.419 e. The Morgan fingerprint density at radius 1 is 1.32 bits per heavy atom. The van der Waals surface area contributed by atoms with Crippen molar-refractivity contribution in [2.24, 2.45) is 0 Å². The van der Waals surface area contributed by atoms with Gasteiger partial charge in [-0.3, -0.25) is 4.98 Å². The molecule has 0 radical (unpaired) electrons. The van der Waals surface area contributed by atoms with E-state index in [2.05, 4.69) is 27.4 Å². The highest BCUT2D eigenvalue weighted by Gasteiger charge is 2.17. The molecule has 2 aromatic rings. The summed E-state index contributed by atoms with van der Waals surface area (Å²) in [6, 6.07) is 1.35. The molecule has 1 atom stereocenters. The van der Waals surface area contributed by atoms with Crippen molar-refractivity contribution in [3.05, 3.63) is 30.2 Å². The first-order valence-electron chi connectivity index (χ1n) is 6.42. The summed E-state index contributed by atoms with van der Waals surface area (Å²) in [6.07, 6.45) is 4.52. The first-order valence-corrected chi connectivity index (χ1v) is 6.42. The molecule has 0 aliphatic rings. The molecule has 0 saturated carbocycles. The molecule has 2 heterocycles. The molecule has 0 bridgehead atoms. The van der Waals surface area contributed by atoms with Crippen LogP contribution in [0.1, 0.15) is 38.6 Å². The predicted octanol–water partition coefficient (Wildman–Crippen LogP) is 2.72. The van der Waals surface area contributed by atoms with Crippen LogP contribution in [-0.2, 0) is 0 Å². The maximum atomic E-state index is 13.1. The normalized spacial score (nSPS) is 12.6. The second-order valence-electron chi connectivity index (χ2n) is 4.25. The minimum absolute atomic E-state index is 0.0303. The smallest absolute Gasteiger partial charge is 0.249 e. The van der Waals surface area contributed by atoms with Gasteiger partial charge in [-0.15, -0.1) is 10.2 Å². The Balaban J connectivity index is 2.18. The van der Waals surface area contributed by atoms with Crippen LogP contribution in [0.15, 0.2) is 22.9 Å². The largest absolute Gasteiger partial charge is 0.419 e. The van der Waals surface area contributed by atoms with Gasteiger partial charge in [-0.25, -0.2) is 4.39 Å². The highest BCUT2D eigenvalue weighted by atomic mass is 19.1. The molecule has 0 amide bonds. The Morgan fingerprint density at radius 3 is 2.84 bits per heavy atom. The third-order valence-electron chi connectivity index (χ3n) is 2.74. The number of halogens is 1. The van der Waals surface area contributed by atoms with Gasteiger partial charge in [-0.1, -0.05) is 13.8 Å². The lowest BCUT2D eigenvalue weighted by atomic mass is 10.2. The lowest BCUT2D eigenvalue weighted by Gasteiger charge is -2.11. The van der Waals surface area contributed by atoms with Crippen LogP contribution in [0.2, 0.25) is 0 Å². The molecule has 0 aliphatic heterocycles. The van der Waals surface area contributed by atoms with Crippen LogP contribution in [0.4, 0.5) is 4.39 Å². The molecule has 0 aliphatic carbocycles. The van der Waals surface area contributed by atoms with E-state index in [1.165, 1.54) is 12.3 Å². The van der Waals surface area contributed by atoms with E-state index in [0.717, 1.165) is 25.6 Å². The molecule has 2 rings (SSSR count). The van der Waals surface area contributed by atoms with Crippen molar-refractivity contribution in [2.45, 2.75) is 32.7 Å². The van der Waals surface area contributed by atoms with Gasteiger partial charge in [0.05, 0.1) is 17.8 Å². The Kier molecular flexibility index (Phi) is 4.57. The van der Waals surface area contributed by atoms with Crippen molar-refractivity contribution >= 4 is 0 Å². The quantitative estimate of drug-likeness (QED) is 0.869. The molecule has 0 aromatic carbocycles. The Hall–Kier alpha value is -1.82. The number of rotatable bonds is 6. The summed E-state index contributed by atoms with van der Waals surface area (Å²) >= 11 is 0. The van der Waals surface area contributed by atoms with E-state index in [1.54, 1.807) is 0 Å². The second kappa shape index (κ2) is 6.38. The monoisotopic (exact) mass is 264 g/mol. The summed E-state index contributed by atoms with van der Waals surface area (Å²) < 4.78 is 18.7. The molecule has 0 spiro atoms. The van der Waals surface area contributed by atoms with Crippen LogP contribution in [-0.4, -0.2) is 21.7 Å². The number of hydrogen-bond donors (Lipinski definition) is 1. The van der Waals surface area contributed by atoms with E-state index >= 15 is 0 Å². The van der Waals surface area contributed by atoms with Crippen LogP contribution < -0.4 is 5.32 Å². The molecule has 19 heavy (non-hydrogen) atoms. The third kappa shape index (κ3) is 3.35. The van der Waals surface area contributed by atoms with Gasteiger partial charge >= 0.3 is 0 Å². The standard InChI is InChI=1S/C13H17FN4O/c1-3-5-16-11(4-2)13-18-17-12(19-13)9-6-10(14)8-15-7-9/h6-8,11,16H,3-5H2,1-2H3. The van der Waals surface area contributed by atoms with Crippen molar-refractivity contribution in [3.63, 3.8) is 0 Å². The average Bonchev–Trinajstić information content (AvgIpc) is 2.89. The van der Waals surface area contributed by atoms with Gasteiger partial charge in [-0.05, 0) is 25.5 Å². The van der Waals surface area contributed by atoms with Crippen LogP contribution >= 0.6 is 0 Å². The van der Waals surface area contributed by atoms with Gasteiger partial charge in [0.25, 0.3) is 0 Å². The van der Waals surface area contributed by atoms with Crippen molar-refractivity contribution < 1.29 is 8.81 Å². The molecule has 0 saturated heterocycles. The van der Waals surface area contributed by atoms with Crippen molar-refractivity contribution in [1.29, 1.82) is 0 Å².